The van der Waals surface area contributed by atoms with Crippen molar-refractivity contribution in [3.63, 3.8) is 0 Å². The second-order valence-electron chi connectivity index (χ2n) is 4.57. The maximum absolute atomic E-state index is 5.78. The van der Waals surface area contributed by atoms with Crippen LogP contribution < -0.4 is 11.3 Å². The van der Waals surface area contributed by atoms with E-state index in [2.05, 4.69) is 53.3 Å². The fourth-order valence-electron chi connectivity index (χ4n) is 2.32. The summed E-state index contributed by atoms with van der Waals surface area (Å²) in [6, 6.07) is 9.79. The van der Waals surface area contributed by atoms with Crippen LogP contribution in [0, 0.1) is 0 Å². The molecule has 3 N–H and O–H groups in total. The topological polar surface area (TPSA) is 63.8 Å². The van der Waals surface area contributed by atoms with Crippen LogP contribution in [-0.4, -0.2) is 9.97 Å². The molecule has 0 spiro atoms. The Bertz CT molecular complexity index is 786. The average Bonchev–Trinajstić information content (AvgIpc) is 2.50. The van der Waals surface area contributed by atoms with E-state index in [9.17, 15) is 0 Å². The van der Waals surface area contributed by atoms with Crippen molar-refractivity contribution in [3.05, 3.63) is 69.1 Å². The number of hydrogen-bond acceptors (Lipinski definition) is 4. The van der Waals surface area contributed by atoms with E-state index in [0.717, 1.165) is 31.0 Å². The standard InChI is InChI=1S/C15H12Br2N4/c16-10-5-13(17)15(20-7-10)14(21-18)12-8-19-6-9-3-1-2-4-11(9)12/h1-8,14,21H,18H2. The summed E-state index contributed by atoms with van der Waals surface area (Å²) in [5.74, 6) is 5.78. The Kier molecular flexibility index (Phi) is 4.30. The number of halogens is 2. The molecule has 0 saturated heterocycles. The summed E-state index contributed by atoms with van der Waals surface area (Å²) in [4.78, 5) is 8.77. The predicted octanol–water partition coefficient (Wildman–Crippen LogP) is 3.71. The number of nitrogens with zero attached hydrogens (tertiary/aromatic N) is 2. The van der Waals surface area contributed by atoms with Crippen LogP contribution in [0.1, 0.15) is 17.3 Å². The second-order valence-corrected chi connectivity index (χ2v) is 6.34. The highest BCUT2D eigenvalue weighted by Gasteiger charge is 2.19. The number of nitrogens with two attached hydrogens (primary N) is 1. The van der Waals surface area contributed by atoms with Gasteiger partial charge in [0.15, 0.2) is 0 Å². The lowest BCUT2D eigenvalue weighted by Gasteiger charge is -2.18. The van der Waals surface area contributed by atoms with E-state index in [4.69, 9.17) is 5.84 Å². The number of fused-ring (bicyclic) bond motifs is 1. The molecule has 3 aromatic rings. The molecule has 1 atom stereocenters. The summed E-state index contributed by atoms with van der Waals surface area (Å²) in [6.07, 6.45) is 5.42. The van der Waals surface area contributed by atoms with Gasteiger partial charge in [-0.3, -0.25) is 15.8 Å². The Hall–Kier alpha value is -1.34. The zero-order valence-electron chi connectivity index (χ0n) is 10.9. The third kappa shape index (κ3) is 2.85. The number of aromatic nitrogens is 2. The van der Waals surface area contributed by atoms with Gasteiger partial charge in [-0.15, -0.1) is 0 Å². The van der Waals surface area contributed by atoms with Crippen LogP contribution >= 0.6 is 31.9 Å². The lowest BCUT2D eigenvalue weighted by atomic mass is 9.99. The number of nitrogens with one attached hydrogen (secondary N) is 1. The van der Waals surface area contributed by atoms with E-state index >= 15 is 0 Å². The van der Waals surface area contributed by atoms with Gasteiger partial charge >= 0.3 is 0 Å². The molecule has 0 fully saturated rings. The first kappa shape index (κ1) is 14.6. The fourth-order valence-corrected chi connectivity index (χ4v) is 3.54. The van der Waals surface area contributed by atoms with Crippen LogP contribution in [0.5, 0.6) is 0 Å². The largest absolute Gasteiger partial charge is 0.271 e. The molecule has 0 bridgehead atoms. The molecule has 21 heavy (non-hydrogen) atoms. The van der Waals surface area contributed by atoms with E-state index in [1.54, 1.807) is 6.20 Å². The normalized spacial score (nSPS) is 12.5. The SMILES string of the molecule is NNC(c1ncc(Br)cc1Br)c1cncc2ccccc12. The van der Waals surface area contributed by atoms with E-state index < -0.39 is 0 Å². The Balaban J connectivity index is 2.18. The van der Waals surface area contributed by atoms with Crippen molar-refractivity contribution < 1.29 is 0 Å². The minimum absolute atomic E-state index is 0.244. The number of hydrazine groups is 1. The highest BCUT2D eigenvalue weighted by molar-refractivity contribution is 9.11. The van der Waals surface area contributed by atoms with Crippen molar-refractivity contribution >= 4 is 42.6 Å². The number of hydrogen-bond donors (Lipinski definition) is 2. The van der Waals surface area contributed by atoms with Gasteiger partial charge in [-0.25, -0.2) is 5.43 Å². The third-order valence-corrected chi connectivity index (χ3v) is 4.36. The zero-order chi connectivity index (χ0) is 14.8. The Morgan fingerprint density at radius 3 is 2.67 bits per heavy atom. The van der Waals surface area contributed by atoms with Gasteiger partial charge in [0.05, 0.1) is 11.7 Å². The summed E-state index contributed by atoms with van der Waals surface area (Å²) < 4.78 is 1.79. The molecule has 1 unspecified atom stereocenters. The summed E-state index contributed by atoms with van der Waals surface area (Å²) in [7, 11) is 0. The molecule has 0 radical (unpaired) electrons. The molecule has 0 aliphatic rings. The molecule has 2 aromatic heterocycles. The van der Waals surface area contributed by atoms with Gasteiger partial charge in [-0.1, -0.05) is 24.3 Å². The Labute approximate surface area is 139 Å². The summed E-state index contributed by atoms with van der Waals surface area (Å²) >= 11 is 6.95. The van der Waals surface area contributed by atoms with Crippen LogP contribution in [0.2, 0.25) is 0 Å². The molecule has 4 nitrogen and oxygen atoms in total. The van der Waals surface area contributed by atoms with Crippen molar-refractivity contribution in [2.24, 2.45) is 5.84 Å². The molecule has 0 aliphatic heterocycles. The number of rotatable bonds is 3. The lowest BCUT2D eigenvalue weighted by Crippen LogP contribution is -2.30. The van der Waals surface area contributed by atoms with Gasteiger partial charge in [0.2, 0.25) is 0 Å². The molecule has 0 amide bonds. The van der Waals surface area contributed by atoms with Gasteiger partial charge in [0.1, 0.15) is 0 Å². The smallest absolute Gasteiger partial charge is 0.0913 e. The minimum Gasteiger partial charge on any atom is -0.271 e. The molecule has 0 aliphatic carbocycles. The van der Waals surface area contributed by atoms with Gasteiger partial charge in [-0.2, -0.15) is 0 Å². The van der Waals surface area contributed by atoms with E-state index in [-0.39, 0.29) is 6.04 Å². The molecule has 0 saturated carbocycles. The molecular formula is C15H12Br2N4. The van der Waals surface area contributed by atoms with E-state index in [1.807, 2.05) is 36.7 Å². The van der Waals surface area contributed by atoms with Crippen LogP contribution in [0.3, 0.4) is 0 Å². The average molecular weight is 408 g/mol. The van der Waals surface area contributed by atoms with Crippen LogP contribution in [0.15, 0.2) is 57.9 Å². The fraction of sp³-hybridized carbons (Fsp3) is 0.0667. The Morgan fingerprint density at radius 1 is 1.10 bits per heavy atom. The van der Waals surface area contributed by atoms with Crippen LogP contribution in [0.4, 0.5) is 0 Å². The summed E-state index contributed by atoms with van der Waals surface area (Å²) in [5, 5.41) is 2.18. The minimum atomic E-state index is -0.244. The molecular weight excluding hydrogens is 396 g/mol. The predicted molar refractivity (Wildman–Crippen MR) is 90.5 cm³/mol. The molecule has 106 valence electrons. The maximum Gasteiger partial charge on any atom is 0.0913 e. The first-order chi connectivity index (χ1) is 10.2. The monoisotopic (exact) mass is 406 g/mol. The van der Waals surface area contributed by atoms with Crippen molar-refractivity contribution in [2.45, 2.75) is 6.04 Å². The van der Waals surface area contributed by atoms with Gasteiger partial charge in [0.25, 0.3) is 0 Å². The highest BCUT2D eigenvalue weighted by Crippen LogP contribution is 2.31. The number of pyridine rings is 2. The maximum atomic E-state index is 5.78. The quantitative estimate of drug-likeness (QED) is 0.513. The van der Waals surface area contributed by atoms with Gasteiger partial charge in [-0.05, 0) is 43.3 Å². The highest BCUT2D eigenvalue weighted by atomic mass is 79.9. The van der Waals surface area contributed by atoms with Crippen molar-refractivity contribution in [2.75, 3.05) is 0 Å². The van der Waals surface area contributed by atoms with Crippen molar-refractivity contribution in [3.8, 4) is 0 Å². The number of benzene rings is 1. The van der Waals surface area contributed by atoms with E-state index in [0.29, 0.717) is 0 Å². The zero-order valence-corrected chi connectivity index (χ0v) is 14.1. The van der Waals surface area contributed by atoms with Gasteiger partial charge in [0, 0.05) is 38.5 Å². The van der Waals surface area contributed by atoms with Crippen molar-refractivity contribution in [1.29, 1.82) is 0 Å². The molecule has 6 heteroatoms. The second kappa shape index (κ2) is 6.19. The lowest BCUT2D eigenvalue weighted by molar-refractivity contribution is 0.620. The van der Waals surface area contributed by atoms with Crippen molar-refractivity contribution in [1.82, 2.24) is 15.4 Å². The summed E-state index contributed by atoms with van der Waals surface area (Å²) in [5.41, 5.74) is 4.65. The van der Waals surface area contributed by atoms with E-state index in [1.165, 1.54) is 0 Å². The molecule has 3 rings (SSSR count). The molecule has 2 heterocycles. The third-order valence-electron chi connectivity index (χ3n) is 3.29. The van der Waals surface area contributed by atoms with Crippen LogP contribution in [-0.2, 0) is 0 Å². The van der Waals surface area contributed by atoms with Gasteiger partial charge < -0.3 is 0 Å². The Morgan fingerprint density at radius 2 is 1.90 bits per heavy atom. The first-order valence-corrected chi connectivity index (χ1v) is 7.89. The first-order valence-electron chi connectivity index (χ1n) is 6.30. The molecule has 1 aromatic carbocycles. The van der Waals surface area contributed by atoms with Crippen LogP contribution in [0.25, 0.3) is 10.8 Å². The summed E-state index contributed by atoms with van der Waals surface area (Å²) in [6.45, 7) is 0.